The molecule has 2 atom stereocenters. The van der Waals surface area contributed by atoms with Crippen LogP contribution < -0.4 is 5.32 Å². The molecule has 0 bridgehead atoms. The molecule has 0 radical (unpaired) electrons. The minimum Gasteiger partial charge on any atom is -0.383 e. The summed E-state index contributed by atoms with van der Waals surface area (Å²) >= 11 is 0. The molecule has 1 aliphatic heterocycles. The lowest BCUT2D eigenvalue weighted by atomic mass is 10.0. The van der Waals surface area contributed by atoms with Crippen LogP contribution in [0.2, 0.25) is 0 Å². The maximum Gasteiger partial charge on any atom is 0.0589 e. The smallest absolute Gasteiger partial charge is 0.0589 e. The fourth-order valence-corrected chi connectivity index (χ4v) is 2.44. The van der Waals surface area contributed by atoms with Gasteiger partial charge in [0.05, 0.1) is 6.61 Å². The van der Waals surface area contributed by atoms with E-state index < -0.39 is 0 Å². The highest BCUT2D eigenvalue weighted by molar-refractivity contribution is 5.20. The highest BCUT2D eigenvalue weighted by Crippen LogP contribution is 2.22. The monoisotopic (exact) mass is 234 g/mol. The zero-order valence-electron chi connectivity index (χ0n) is 10.7. The molecule has 0 spiro atoms. The first-order chi connectivity index (χ1) is 8.31. The molecule has 0 amide bonds. The summed E-state index contributed by atoms with van der Waals surface area (Å²) in [6.07, 6.45) is 0. The molecule has 0 saturated carbocycles. The van der Waals surface area contributed by atoms with Crippen molar-refractivity contribution in [2.24, 2.45) is 0 Å². The van der Waals surface area contributed by atoms with Crippen molar-refractivity contribution >= 4 is 0 Å². The van der Waals surface area contributed by atoms with E-state index in [0.717, 1.165) is 26.2 Å². The van der Waals surface area contributed by atoms with Crippen molar-refractivity contribution in [3.63, 3.8) is 0 Å². The number of hydrogen-bond acceptors (Lipinski definition) is 3. The van der Waals surface area contributed by atoms with Crippen LogP contribution in [0.5, 0.6) is 0 Å². The second-order valence-electron chi connectivity index (χ2n) is 4.72. The van der Waals surface area contributed by atoms with Crippen LogP contribution in [0, 0.1) is 0 Å². The Kier molecular flexibility index (Phi) is 4.54. The van der Waals surface area contributed by atoms with Gasteiger partial charge in [-0.2, -0.15) is 0 Å². The van der Waals surface area contributed by atoms with Gasteiger partial charge in [-0.3, -0.25) is 4.90 Å². The van der Waals surface area contributed by atoms with E-state index in [1.54, 1.807) is 7.11 Å². The Morgan fingerprint density at radius 2 is 2.12 bits per heavy atom. The molecule has 17 heavy (non-hydrogen) atoms. The number of methoxy groups -OCH3 is 1. The summed E-state index contributed by atoms with van der Waals surface area (Å²) in [5, 5.41) is 3.55. The molecule has 0 aromatic heterocycles. The van der Waals surface area contributed by atoms with Crippen LogP contribution in [0.3, 0.4) is 0 Å². The van der Waals surface area contributed by atoms with Gasteiger partial charge in [-0.15, -0.1) is 0 Å². The van der Waals surface area contributed by atoms with Crippen molar-refractivity contribution in [3.8, 4) is 0 Å². The molecule has 2 rings (SSSR count). The number of hydrogen-bond donors (Lipinski definition) is 1. The Morgan fingerprint density at radius 3 is 2.82 bits per heavy atom. The molecule has 3 nitrogen and oxygen atoms in total. The van der Waals surface area contributed by atoms with Gasteiger partial charge < -0.3 is 10.1 Å². The number of benzene rings is 1. The molecular formula is C14H22N2O. The summed E-state index contributed by atoms with van der Waals surface area (Å²) < 4.78 is 5.20. The quantitative estimate of drug-likeness (QED) is 0.857. The minimum absolute atomic E-state index is 0.475. The van der Waals surface area contributed by atoms with E-state index >= 15 is 0 Å². The number of piperazine rings is 1. The highest BCUT2D eigenvalue weighted by atomic mass is 16.5. The molecule has 0 aliphatic carbocycles. The molecule has 1 aromatic rings. The first-order valence-electron chi connectivity index (χ1n) is 6.32. The first kappa shape index (κ1) is 12.6. The Labute approximate surface area is 104 Å². The SMILES string of the molecule is COCCN1CC(C)NCC1c1ccccc1. The van der Waals surface area contributed by atoms with E-state index in [4.69, 9.17) is 4.74 Å². The maximum absolute atomic E-state index is 5.20. The van der Waals surface area contributed by atoms with Gasteiger partial charge in [-0.1, -0.05) is 30.3 Å². The van der Waals surface area contributed by atoms with Crippen LogP contribution in [0.4, 0.5) is 0 Å². The number of rotatable bonds is 4. The van der Waals surface area contributed by atoms with Gasteiger partial charge >= 0.3 is 0 Å². The van der Waals surface area contributed by atoms with Crippen molar-refractivity contribution < 1.29 is 4.74 Å². The Morgan fingerprint density at radius 1 is 1.35 bits per heavy atom. The standard InChI is InChI=1S/C14H22N2O/c1-12-11-16(8-9-17-2)14(10-15-12)13-6-4-3-5-7-13/h3-7,12,14-15H,8-11H2,1-2H3. The van der Waals surface area contributed by atoms with Crippen LogP contribution >= 0.6 is 0 Å². The fourth-order valence-electron chi connectivity index (χ4n) is 2.44. The summed E-state index contributed by atoms with van der Waals surface area (Å²) in [7, 11) is 1.77. The van der Waals surface area contributed by atoms with Crippen molar-refractivity contribution in [1.29, 1.82) is 0 Å². The molecule has 1 fully saturated rings. The average molecular weight is 234 g/mol. The third kappa shape index (κ3) is 3.28. The third-order valence-corrected chi connectivity index (χ3v) is 3.38. The molecule has 1 aromatic carbocycles. The van der Waals surface area contributed by atoms with Gasteiger partial charge in [0.1, 0.15) is 0 Å². The lowest BCUT2D eigenvalue weighted by molar-refractivity contribution is 0.0894. The summed E-state index contributed by atoms with van der Waals surface area (Å²) in [6.45, 7) is 6.15. The van der Waals surface area contributed by atoms with Crippen LogP contribution in [-0.4, -0.2) is 44.3 Å². The van der Waals surface area contributed by atoms with Crippen molar-refractivity contribution in [2.45, 2.75) is 19.0 Å². The third-order valence-electron chi connectivity index (χ3n) is 3.38. The van der Waals surface area contributed by atoms with Crippen molar-refractivity contribution in [3.05, 3.63) is 35.9 Å². The van der Waals surface area contributed by atoms with E-state index in [0.29, 0.717) is 12.1 Å². The van der Waals surface area contributed by atoms with Gasteiger partial charge in [-0.05, 0) is 12.5 Å². The van der Waals surface area contributed by atoms with E-state index in [9.17, 15) is 0 Å². The lowest BCUT2D eigenvalue weighted by Crippen LogP contribution is -2.51. The van der Waals surface area contributed by atoms with Gasteiger partial charge in [0.15, 0.2) is 0 Å². The normalized spacial score (nSPS) is 26.0. The van der Waals surface area contributed by atoms with Gasteiger partial charge in [0.25, 0.3) is 0 Å². The Hall–Kier alpha value is -0.900. The van der Waals surface area contributed by atoms with E-state index in [-0.39, 0.29) is 0 Å². The molecular weight excluding hydrogens is 212 g/mol. The summed E-state index contributed by atoms with van der Waals surface area (Å²) in [5.74, 6) is 0. The average Bonchev–Trinajstić information content (AvgIpc) is 2.37. The summed E-state index contributed by atoms with van der Waals surface area (Å²) in [6, 6.07) is 11.8. The number of ether oxygens (including phenoxy) is 1. The highest BCUT2D eigenvalue weighted by Gasteiger charge is 2.26. The van der Waals surface area contributed by atoms with Gasteiger partial charge in [0, 0.05) is 38.8 Å². The largest absolute Gasteiger partial charge is 0.383 e. The molecule has 1 saturated heterocycles. The zero-order chi connectivity index (χ0) is 12.1. The van der Waals surface area contributed by atoms with Crippen LogP contribution in [-0.2, 0) is 4.74 Å². The molecule has 94 valence electrons. The molecule has 1 aliphatic rings. The molecule has 3 heteroatoms. The lowest BCUT2D eigenvalue weighted by Gasteiger charge is -2.39. The zero-order valence-corrected chi connectivity index (χ0v) is 10.7. The second-order valence-corrected chi connectivity index (χ2v) is 4.72. The summed E-state index contributed by atoms with van der Waals surface area (Å²) in [4.78, 5) is 2.51. The van der Waals surface area contributed by atoms with E-state index in [2.05, 4.69) is 47.5 Å². The second kappa shape index (κ2) is 6.15. The fraction of sp³-hybridized carbons (Fsp3) is 0.571. The molecule has 2 unspecified atom stereocenters. The van der Waals surface area contributed by atoms with Crippen LogP contribution in [0.25, 0.3) is 0 Å². The van der Waals surface area contributed by atoms with Gasteiger partial charge in [0.2, 0.25) is 0 Å². The molecule has 1 heterocycles. The van der Waals surface area contributed by atoms with Crippen LogP contribution in [0.15, 0.2) is 30.3 Å². The molecule has 1 N–H and O–H groups in total. The van der Waals surface area contributed by atoms with Crippen LogP contribution in [0.1, 0.15) is 18.5 Å². The van der Waals surface area contributed by atoms with Gasteiger partial charge in [-0.25, -0.2) is 0 Å². The van der Waals surface area contributed by atoms with Crippen molar-refractivity contribution in [1.82, 2.24) is 10.2 Å². The topological polar surface area (TPSA) is 24.5 Å². The maximum atomic E-state index is 5.20. The Bertz CT molecular complexity index is 328. The first-order valence-corrected chi connectivity index (χ1v) is 6.32. The van der Waals surface area contributed by atoms with E-state index in [1.807, 2.05) is 0 Å². The number of nitrogens with one attached hydrogen (secondary N) is 1. The van der Waals surface area contributed by atoms with Crippen molar-refractivity contribution in [2.75, 3.05) is 33.4 Å². The number of nitrogens with zero attached hydrogens (tertiary/aromatic N) is 1. The predicted octanol–water partition coefficient (Wildman–Crippen LogP) is 1.67. The Balaban J connectivity index is 2.07. The van der Waals surface area contributed by atoms with E-state index in [1.165, 1.54) is 5.56 Å². The summed E-state index contributed by atoms with van der Waals surface area (Å²) in [5.41, 5.74) is 1.39. The minimum atomic E-state index is 0.475. The predicted molar refractivity (Wildman–Crippen MR) is 70.1 cm³/mol.